The summed E-state index contributed by atoms with van der Waals surface area (Å²) in [6.07, 6.45) is 3.32. The normalized spacial score (nSPS) is 12.8. The molecular weight excluding hydrogens is 473 g/mol. The number of pyridine rings is 2. The number of nitrogens with zero attached hydrogens (tertiary/aromatic N) is 2. The van der Waals surface area contributed by atoms with Crippen LogP contribution in [0.25, 0.3) is 0 Å². The molecule has 0 fully saturated rings. The second-order valence-electron chi connectivity index (χ2n) is 3.47. The van der Waals surface area contributed by atoms with Gasteiger partial charge in [0.15, 0.2) is 0 Å². The van der Waals surface area contributed by atoms with Crippen molar-refractivity contribution in [3.05, 3.63) is 48.8 Å². The predicted octanol–water partition coefficient (Wildman–Crippen LogP) is 3.47. The third-order valence-electron chi connectivity index (χ3n) is 1.38. The van der Waals surface area contributed by atoms with Crippen LogP contribution in [-0.2, 0) is 22.4 Å². The van der Waals surface area contributed by atoms with Crippen LogP contribution in [-0.4, -0.2) is 24.1 Å². The second-order valence-corrected chi connectivity index (χ2v) is 7.49. The zero-order valence-electron chi connectivity index (χ0n) is 10.7. The van der Waals surface area contributed by atoms with Crippen LogP contribution in [0.3, 0.4) is 0 Å². The number of nitrogen functional groups attached to an aromatic ring is 2. The maximum Gasteiger partial charge on any atom is 1.00 e. The van der Waals surface area contributed by atoms with Crippen LogP contribution < -0.4 is 11.5 Å². The summed E-state index contributed by atoms with van der Waals surface area (Å²) in [6.45, 7) is 0. The molecule has 12 heteroatoms. The van der Waals surface area contributed by atoms with Crippen molar-refractivity contribution in [1.82, 2.24) is 9.97 Å². The predicted molar refractivity (Wildman–Crippen MR) is 69.7 cm³/mol. The maximum absolute atomic E-state index is 11.1. The Hall–Kier alpha value is -1.22. The van der Waals surface area contributed by atoms with Crippen molar-refractivity contribution in [3.63, 3.8) is 0 Å². The molecule has 4 nitrogen and oxygen atoms in total. The van der Waals surface area contributed by atoms with Crippen molar-refractivity contribution >= 4 is 25.8 Å². The number of hydrogen-bond donors (Lipinski definition) is 2. The van der Waals surface area contributed by atoms with Crippen molar-refractivity contribution in [2.75, 3.05) is 11.5 Å². The minimum absolute atomic E-state index is 0. The Kier molecular flexibility index (Phi) is 8.24. The van der Waals surface area contributed by atoms with Gasteiger partial charge in [-0.15, -0.1) is 0 Å². The molecule has 0 unspecified atom stereocenters. The molecule has 0 amide bonds. The van der Waals surface area contributed by atoms with E-state index in [4.69, 9.17) is 11.5 Å². The summed E-state index contributed by atoms with van der Waals surface area (Å²) in [7, 11) is 0. The Morgan fingerprint density at radius 1 is 0.682 bits per heavy atom. The molecule has 0 spiro atoms. The van der Waals surface area contributed by atoms with Crippen molar-refractivity contribution in [2.24, 2.45) is 0 Å². The van der Waals surface area contributed by atoms with E-state index in [-0.39, 0.29) is 22.4 Å². The van der Waals surface area contributed by atoms with Gasteiger partial charge in [-0.3, -0.25) is 0 Å². The molecule has 2 rings (SSSR count). The molecule has 130 valence electrons. The molecule has 2 aromatic heterocycles. The SMILES string of the molecule is F[As-](F)(F)(F)(F)F.Nc1ccccn1.Nc1ccccn1.[Ag+]. The number of halogens is 6. The molecule has 4 N–H and O–H groups in total. The molecular formula is C10H12AgAsF6N4. The van der Waals surface area contributed by atoms with Crippen LogP contribution in [0.1, 0.15) is 0 Å². The molecule has 0 aliphatic heterocycles. The zero-order valence-corrected chi connectivity index (χ0v) is 14.0. The number of hydrogen-bond acceptors (Lipinski definition) is 4. The number of nitrogens with two attached hydrogens (primary N) is 2. The minimum atomic E-state index is -11.1. The summed E-state index contributed by atoms with van der Waals surface area (Å²) in [5.74, 6) is 1.14. The quantitative estimate of drug-likeness (QED) is 0.443. The summed E-state index contributed by atoms with van der Waals surface area (Å²) >= 11 is -11.1. The summed E-state index contributed by atoms with van der Waals surface area (Å²) in [5, 5.41) is 0. The van der Waals surface area contributed by atoms with Gasteiger partial charge in [-0.2, -0.15) is 0 Å². The monoisotopic (exact) mass is 484 g/mol. The molecule has 0 aliphatic rings. The summed E-state index contributed by atoms with van der Waals surface area (Å²) in [6, 6.07) is 10.9. The van der Waals surface area contributed by atoms with Gasteiger partial charge in [0.25, 0.3) is 0 Å². The Balaban J connectivity index is 0. The molecule has 0 aromatic carbocycles. The summed E-state index contributed by atoms with van der Waals surface area (Å²) in [4.78, 5) is 7.51. The van der Waals surface area contributed by atoms with Gasteiger partial charge in [-0.05, 0) is 24.3 Å². The largest absolute Gasteiger partial charge is 1.00 e. The van der Waals surface area contributed by atoms with Gasteiger partial charge in [0.1, 0.15) is 11.6 Å². The van der Waals surface area contributed by atoms with Crippen molar-refractivity contribution in [1.29, 1.82) is 0 Å². The van der Waals surface area contributed by atoms with Crippen LogP contribution in [0.15, 0.2) is 48.8 Å². The van der Waals surface area contributed by atoms with E-state index < -0.39 is 14.2 Å². The second kappa shape index (κ2) is 7.87. The first-order valence-electron chi connectivity index (χ1n) is 5.13. The smallest absolute Gasteiger partial charge is 0.384 e. The zero-order chi connectivity index (χ0) is 16.6. The Labute approximate surface area is 139 Å². The van der Waals surface area contributed by atoms with Crippen molar-refractivity contribution in [2.45, 2.75) is 0 Å². The van der Waals surface area contributed by atoms with E-state index in [2.05, 4.69) is 9.97 Å². The average molecular weight is 485 g/mol. The third-order valence-corrected chi connectivity index (χ3v) is 1.38. The number of anilines is 2. The van der Waals surface area contributed by atoms with E-state index in [0.717, 1.165) is 0 Å². The molecule has 0 saturated heterocycles. The topological polar surface area (TPSA) is 77.8 Å². The van der Waals surface area contributed by atoms with Crippen molar-refractivity contribution < 1.29 is 43.2 Å². The van der Waals surface area contributed by atoms with Gasteiger partial charge in [-0.25, -0.2) is 9.97 Å². The fourth-order valence-electron chi connectivity index (χ4n) is 0.752. The van der Waals surface area contributed by atoms with Gasteiger partial charge in [0.05, 0.1) is 0 Å². The first-order chi connectivity index (χ1) is 9.24. The molecule has 0 saturated carbocycles. The minimum Gasteiger partial charge on any atom is -0.384 e. The van der Waals surface area contributed by atoms with Crippen LogP contribution in [0.5, 0.6) is 0 Å². The Morgan fingerprint density at radius 3 is 1.05 bits per heavy atom. The first kappa shape index (κ1) is 23.1. The van der Waals surface area contributed by atoms with Crippen LogP contribution in [0, 0.1) is 0 Å². The first-order valence-corrected chi connectivity index (χ1v) is 9.39. The maximum atomic E-state index is 9.91. The van der Waals surface area contributed by atoms with Crippen LogP contribution in [0.4, 0.5) is 32.4 Å². The molecule has 0 radical (unpaired) electrons. The van der Waals surface area contributed by atoms with Gasteiger partial charge in [-0.1, -0.05) is 12.1 Å². The van der Waals surface area contributed by atoms with E-state index in [1.165, 1.54) is 0 Å². The van der Waals surface area contributed by atoms with E-state index >= 15 is 0 Å². The van der Waals surface area contributed by atoms with E-state index in [0.29, 0.717) is 11.6 Å². The van der Waals surface area contributed by atoms with Gasteiger partial charge < -0.3 is 11.5 Å². The average Bonchev–Trinajstić information content (AvgIpc) is 2.27. The van der Waals surface area contributed by atoms with E-state index in [1.54, 1.807) is 24.5 Å². The Bertz CT molecular complexity index is 488. The third kappa shape index (κ3) is 27.2. The van der Waals surface area contributed by atoms with Crippen LogP contribution >= 0.6 is 0 Å². The molecule has 2 aromatic rings. The summed E-state index contributed by atoms with van der Waals surface area (Å²) in [5.41, 5.74) is 10.5. The van der Waals surface area contributed by atoms with Crippen molar-refractivity contribution in [3.8, 4) is 0 Å². The molecule has 0 atom stereocenters. The fourth-order valence-corrected chi connectivity index (χ4v) is 0.752. The number of rotatable bonds is 0. The fraction of sp³-hybridized carbons (Fsp3) is 0. The standard InChI is InChI=1S/2C5H6N2.Ag.AsF6/c2*6-5-3-1-2-4-7-5;;2-1(3,4,5,6)7/h2*1-4H,(H2,6,7);;/q;;+1;-1. The van der Waals surface area contributed by atoms with E-state index in [1.807, 2.05) is 24.3 Å². The number of aromatic nitrogens is 2. The van der Waals surface area contributed by atoms with E-state index in [9.17, 15) is 20.8 Å². The van der Waals surface area contributed by atoms with Gasteiger partial charge in [0.2, 0.25) is 0 Å². The molecule has 0 bridgehead atoms. The van der Waals surface area contributed by atoms with Crippen LogP contribution in [0.2, 0.25) is 0 Å². The Morgan fingerprint density at radius 2 is 0.955 bits per heavy atom. The van der Waals surface area contributed by atoms with Gasteiger partial charge >= 0.3 is 57.4 Å². The van der Waals surface area contributed by atoms with Gasteiger partial charge in [0, 0.05) is 12.4 Å². The molecule has 0 aliphatic carbocycles. The molecule has 2 heterocycles. The molecule has 22 heavy (non-hydrogen) atoms. The summed E-state index contributed by atoms with van der Waals surface area (Å²) < 4.78 is 59.4.